The lowest BCUT2D eigenvalue weighted by Crippen LogP contribution is -3.19. The lowest BCUT2D eigenvalue weighted by molar-refractivity contribution is -0.799. The van der Waals surface area contributed by atoms with E-state index >= 15 is 0 Å². The van der Waals surface area contributed by atoms with E-state index in [-0.39, 0.29) is 12.7 Å². The summed E-state index contributed by atoms with van der Waals surface area (Å²) in [5.74, 6) is 0. The zero-order valence-corrected chi connectivity index (χ0v) is 14.8. The van der Waals surface area contributed by atoms with E-state index in [1.54, 1.807) is 4.81 Å². The molecule has 0 saturated carbocycles. The third kappa shape index (κ3) is 2.35. The third-order valence-electron chi connectivity index (χ3n) is 6.04. The normalized spacial score (nSPS) is 23.8. The first-order valence-corrected chi connectivity index (χ1v) is 9.59. The number of benzene rings is 3. The molecule has 0 bridgehead atoms. The summed E-state index contributed by atoms with van der Waals surface area (Å²) in [7, 11) is 0.0871. The van der Waals surface area contributed by atoms with Crippen LogP contribution in [0.5, 0.6) is 0 Å². The molecule has 2 saturated heterocycles. The SMILES string of the molecule is c1ccc(B2OC(c3ccccc3)(c3ccccc3)[C@H]3CCC[NH+]23)cc1. The summed E-state index contributed by atoms with van der Waals surface area (Å²) in [4.78, 5) is 1.57. The highest BCUT2D eigenvalue weighted by Gasteiger charge is 2.64. The summed E-state index contributed by atoms with van der Waals surface area (Å²) in [6, 6.07) is 32.8. The Kier molecular flexibility index (Phi) is 3.92. The summed E-state index contributed by atoms with van der Waals surface area (Å²) >= 11 is 0. The first kappa shape index (κ1) is 15.9. The van der Waals surface area contributed by atoms with E-state index in [4.69, 9.17) is 4.65 Å². The Morgan fingerprint density at radius 1 is 0.769 bits per heavy atom. The van der Waals surface area contributed by atoms with E-state index < -0.39 is 0 Å². The Balaban J connectivity index is 1.70. The molecule has 2 atom stereocenters. The van der Waals surface area contributed by atoms with Crippen LogP contribution in [-0.4, -0.2) is 19.6 Å². The molecular formula is C23H23BNO+. The summed E-state index contributed by atoms with van der Waals surface area (Å²) < 4.78 is 7.04. The molecule has 0 amide bonds. The van der Waals surface area contributed by atoms with Crippen molar-refractivity contribution >= 4 is 12.5 Å². The summed E-state index contributed by atoms with van der Waals surface area (Å²) in [5.41, 5.74) is 3.45. The second kappa shape index (κ2) is 6.42. The van der Waals surface area contributed by atoms with Gasteiger partial charge in [-0.25, -0.2) is 0 Å². The van der Waals surface area contributed by atoms with Gasteiger partial charge in [-0.05, 0) is 11.1 Å². The van der Waals surface area contributed by atoms with E-state index in [0.29, 0.717) is 6.04 Å². The summed E-state index contributed by atoms with van der Waals surface area (Å²) in [6.45, 7) is 1.17. The van der Waals surface area contributed by atoms with Gasteiger partial charge in [-0.1, -0.05) is 91.0 Å². The number of rotatable bonds is 3. The van der Waals surface area contributed by atoms with E-state index in [0.717, 1.165) is 0 Å². The van der Waals surface area contributed by atoms with Crippen LogP contribution in [0.2, 0.25) is 0 Å². The lowest BCUT2D eigenvalue weighted by Gasteiger charge is -2.33. The quantitative estimate of drug-likeness (QED) is 0.723. The average molecular weight is 340 g/mol. The van der Waals surface area contributed by atoms with Gasteiger partial charge in [0.25, 0.3) is 0 Å². The molecule has 3 aromatic carbocycles. The van der Waals surface area contributed by atoms with Gasteiger partial charge >= 0.3 is 7.05 Å². The molecule has 3 aromatic rings. The van der Waals surface area contributed by atoms with Gasteiger partial charge in [0.1, 0.15) is 6.04 Å². The number of nitrogens with one attached hydrogen (secondary N) is 1. The van der Waals surface area contributed by atoms with Crippen LogP contribution in [0.25, 0.3) is 0 Å². The van der Waals surface area contributed by atoms with E-state index in [2.05, 4.69) is 91.0 Å². The van der Waals surface area contributed by atoms with Gasteiger partial charge in [0.15, 0.2) is 5.60 Å². The van der Waals surface area contributed by atoms with Crippen molar-refractivity contribution in [2.24, 2.45) is 0 Å². The van der Waals surface area contributed by atoms with Crippen molar-refractivity contribution in [3.63, 3.8) is 0 Å². The van der Waals surface area contributed by atoms with E-state index in [9.17, 15) is 0 Å². The fourth-order valence-corrected chi connectivity index (χ4v) is 4.98. The predicted molar refractivity (Wildman–Crippen MR) is 105 cm³/mol. The molecule has 26 heavy (non-hydrogen) atoms. The molecule has 3 heteroatoms. The maximum atomic E-state index is 7.04. The highest BCUT2D eigenvalue weighted by molar-refractivity contribution is 6.60. The fraction of sp³-hybridized carbons (Fsp3) is 0.217. The number of hydrogen-bond acceptors (Lipinski definition) is 1. The minimum Gasteiger partial charge on any atom is -0.368 e. The Hall–Kier alpha value is -2.36. The Labute approximate surface area is 155 Å². The molecule has 0 spiro atoms. The molecule has 128 valence electrons. The van der Waals surface area contributed by atoms with Crippen LogP contribution >= 0.6 is 0 Å². The van der Waals surface area contributed by atoms with Crippen molar-refractivity contribution < 1.29 is 9.47 Å². The number of quaternary nitrogens is 1. The van der Waals surface area contributed by atoms with Crippen LogP contribution in [0.3, 0.4) is 0 Å². The standard InChI is InChI=1S/C23H22BNO/c1-4-11-19(12-5-1)23(20-13-6-2-7-14-20)22-17-10-18-25(22)24(26-23)21-15-8-3-9-16-21/h1-9,11-16,22H,10,17-18H2/p+1/t22-/m1/s1. The molecule has 0 aliphatic carbocycles. The molecule has 2 nitrogen and oxygen atoms in total. The van der Waals surface area contributed by atoms with Gasteiger partial charge in [0.2, 0.25) is 0 Å². The van der Waals surface area contributed by atoms with Crippen molar-refractivity contribution in [1.29, 1.82) is 0 Å². The minimum atomic E-state index is -0.380. The maximum absolute atomic E-state index is 7.04. The zero-order chi connectivity index (χ0) is 17.4. The van der Waals surface area contributed by atoms with Crippen molar-refractivity contribution in [1.82, 2.24) is 0 Å². The van der Waals surface area contributed by atoms with Crippen molar-refractivity contribution in [3.05, 3.63) is 102 Å². The molecule has 0 radical (unpaired) electrons. The van der Waals surface area contributed by atoms with Crippen LogP contribution in [-0.2, 0) is 10.3 Å². The van der Waals surface area contributed by atoms with Crippen LogP contribution in [0.4, 0.5) is 0 Å². The first-order chi connectivity index (χ1) is 12.9. The van der Waals surface area contributed by atoms with Gasteiger partial charge < -0.3 is 9.47 Å². The highest BCUT2D eigenvalue weighted by Crippen LogP contribution is 2.41. The van der Waals surface area contributed by atoms with Crippen molar-refractivity contribution in [2.75, 3.05) is 6.54 Å². The molecule has 2 fully saturated rings. The lowest BCUT2D eigenvalue weighted by atomic mass is 9.72. The van der Waals surface area contributed by atoms with Gasteiger partial charge in [-0.2, -0.15) is 0 Å². The van der Waals surface area contributed by atoms with Crippen LogP contribution in [0.1, 0.15) is 24.0 Å². The molecule has 1 N–H and O–H groups in total. The minimum absolute atomic E-state index is 0.0871. The van der Waals surface area contributed by atoms with E-state index in [1.165, 1.54) is 36.0 Å². The molecule has 2 aliphatic heterocycles. The number of fused-ring (bicyclic) bond motifs is 1. The molecule has 5 rings (SSSR count). The van der Waals surface area contributed by atoms with Crippen LogP contribution in [0, 0.1) is 0 Å². The Bertz CT molecular complexity index is 829. The Morgan fingerprint density at radius 3 is 1.88 bits per heavy atom. The first-order valence-electron chi connectivity index (χ1n) is 9.59. The highest BCUT2D eigenvalue weighted by atomic mass is 16.5. The van der Waals surface area contributed by atoms with Crippen LogP contribution < -0.4 is 10.3 Å². The average Bonchev–Trinajstić information content (AvgIpc) is 3.32. The van der Waals surface area contributed by atoms with Gasteiger partial charge in [-0.15, -0.1) is 0 Å². The third-order valence-corrected chi connectivity index (χ3v) is 6.04. The maximum Gasteiger partial charge on any atom is 0.610 e. The largest absolute Gasteiger partial charge is 0.610 e. The van der Waals surface area contributed by atoms with Gasteiger partial charge in [0.05, 0.1) is 6.54 Å². The molecule has 2 heterocycles. The van der Waals surface area contributed by atoms with E-state index in [1.807, 2.05) is 0 Å². The fourth-order valence-electron chi connectivity index (χ4n) is 4.98. The summed E-state index contributed by atoms with van der Waals surface area (Å²) in [6.07, 6.45) is 2.45. The smallest absolute Gasteiger partial charge is 0.368 e. The Morgan fingerprint density at radius 2 is 1.31 bits per heavy atom. The predicted octanol–water partition coefficient (Wildman–Crippen LogP) is 2.40. The topological polar surface area (TPSA) is 13.7 Å². The van der Waals surface area contributed by atoms with Crippen molar-refractivity contribution in [2.45, 2.75) is 24.5 Å². The summed E-state index contributed by atoms with van der Waals surface area (Å²) in [5, 5.41) is 0. The van der Waals surface area contributed by atoms with Crippen LogP contribution in [0.15, 0.2) is 91.0 Å². The molecule has 0 aromatic heterocycles. The monoisotopic (exact) mass is 340 g/mol. The molecule has 1 unspecified atom stereocenters. The van der Waals surface area contributed by atoms with Gasteiger partial charge in [0, 0.05) is 18.3 Å². The number of hydrogen-bond donors (Lipinski definition) is 1. The van der Waals surface area contributed by atoms with Gasteiger partial charge in [-0.3, -0.25) is 0 Å². The second-order valence-electron chi connectivity index (χ2n) is 7.40. The van der Waals surface area contributed by atoms with Crippen molar-refractivity contribution in [3.8, 4) is 0 Å². The second-order valence-corrected chi connectivity index (χ2v) is 7.40. The zero-order valence-electron chi connectivity index (χ0n) is 14.8. The molecular weight excluding hydrogens is 317 g/mol. The molecule has 2 aliphatic rings.